The molecule has 0 spiro atoms. The first-order valence-corrected chi connectivity index (χ1v) is 8.53. The summed E-state index contributed by atoms with van der Waals surface area (Å²) in [7, 11) is 5.45. The summed E-state index contributed by atoms with van der Waals surface area (Å²) in [5, 5.41) is 0.263. The topological polar surface area (TPSA) is 45.8 Å². The van der Waals surface area contributed by atoms with Crippen LogP contribution in [-0.4, -0.2) is 45.2 Å². The van der Waals surface area contributed by atoms with Gasteiger partial charge in [0, 0.05) is 44.6 Å². The Morgan fingerprint density at radius 3 is 2.38 bits per heavy atom. The van der Waals surface area contributed by atoms with Crippen LogP contribution in [0.4, 0.5) is 10.1 Å². The van der Waals surface area contributed by atoms with Crippen molar-refractivity contribution >= 4 is 29.1 Å². The SMILES string of the molecule is COCCN=C([S-])[C@H](C(=O)c1ccc(F)cc1)[n+]1ccc(N(C)C)cc1. The molecule has 0 radical (unpaired) electrons. The molecule has 5 nitrogen and oxygen atoms in total. The van der Waals surface area contributed by atoms with Gasteiger partial charge in [-0.3, -0.25) is 4.79 Å². The number of Topliss-reactive ketones (excluding diaryl/α,β-unsaturated/α-hetero) is 1. The second-order valence-electron chi connectivity index (χ2n) is 5.88. The number of methoxy groups -OCH3 is 1. The minimum atomic E-state index is -0.775. The lowest BCUT2D eigenvalue weighted by molar-refractivity contribution is -0.691. The van der Waals surface area contributed by atoms with Crippen molar-refractivity contribution < 1.29 is 18.5 Å². The number of ketones is 1. The van der Waals surface area contributed by atoms with E-state index < -0.39 is 11.9 Å². The molecule has 0 N–H and O–H groups in total. The Labute approximate surface area is 158 Å². The number of hydrogen-bond donors (Lipinski definition) is 0. The standard InChI is InChI=1S/C19H22FN3O2S/c1-22(2)16-8-11-23(12-9-16)17(19(26)21-10-13-25-3)18(24)14-4-6-15(20)7-5-14/h4-9,11-12,17H,10,13H2,1-3H3/t17-/m0/s1. The maximum atomic E-state index is 13.2. The fourth-order valence-electron chi connectivity index (χ4n) is 2.38. The van der Waals surface area contributed by atoms with Gasteiger partial charge in [-0.25, -0.2) is 4.39 Å². The van der Waals surface area contributed by atoms with Crippen molar-refractivity contribution in [3.63, 3.8) is 0 Å². The minimum Gasteiger partial charge on any atom is -0.758 e. The molecule has 0 fully saturated rings. The highest BCUT2D eigenvalue weighted by atomic mass is 32.1. The first-order valence-electron chi connectivity index (χ1n) is 8.12. The zero-order valence-electron chi connectivity index (χ0n) is 15.1. The maximum Gasteiger partial charge on any atom is 0.237 e. The summed E-state index contributed by atoms with van der Waals surface area (Å²) in [5.74, 6) is -0.632. The molecule has 0 aliphatic heterocycles. The third-order valence-electron chi connectivity index (χ3n) is 3.82. The molecule has 1 heterocycles. The third-order valence-corrected chi connectivity index (χ3v) is 4.18. The average molecular weight is 375 g/mol. The molecule has 0 aliphatic rings. The van der Waals surface area contributed by atoms with E-state index in [4.69, 9.17) is 17.4 Å². The zero-order chi connectivity index (χ0) is 19.1. The molecular weight excluding hydrogens is 353 g/mol. The molecule has 26 heavy (non-hydrogen) atoms. The molecule has 0 bridgehead atoms. The highest BCUT2D eigenvalue weighted by Crippen LogP contribution is 2.14. The summed E-state index contributed by atoms with van der Waals surface area (Å²) in [6.07, 6.45) is 3.58. The molecule has 2 rings (SSSR count). The number of aliphatic imine (C=N–C) groups is 1. The van der Waals surface area contributed by atoms with E-state index in [1.807, 2.05) is 31.1 Å². The summed E-state index contributed by atoms with van der Waals surface area (Å²) >= 11 is 5.41. The second kappa shape index (κ2) is 9.35. The highest BCUT2D eigenvalue weighted by Gasteiger charge is 2.28. The zero-order valence-corrected chi connectivity index (χ0v) is 15.9. The van der Waals surface area contributed by atoms with E-state index in [-0.39, 0.29) is 10.8 Å². The largest absolute Gasteiger partial charge is 0.758 e. The normalized spacial score (nSPS) is 12.7. The van der Waals surface area contributed by atoms with Crippen molar-refractivity contribution in [2.24, 2.45) is 4.99 Å². The molecule has 1 aromatic heterocycles. The molecule has 0 unspecified atom stereocenters. The predicted molar refractivity (Wildman–Crippen MR) is 102 cm³/mol. The number of carbonyl (C=O) groups excluding carboxylic acids is 1. The van der Waals surface area contributed by atoms with Crippen molar-refractivity contribution in [1.82, 2.24) is 0 Å². The summed E-state index contributed by atoms with van der Waals surface area (Å²) < 4.78 is 19.9. The van der Waals surface area contributed by atoms with Crippen LogP contribution in [0.3, 0.4) is 0 Å². The smallest absolute Gasteiger partial charge is 0.237 e. The number of aromatic nitrogens is 1. The molecule has 1 atom stereocenters. The fourth-order valence-corrected chi connectivity index (χ4v) is 2.70. The number of halogens is 1. The number of rotatable bonds is 8. The number of pyridine rings is 1. The summed E-state index contributed by atoms with van der Waals surface area (Å²) in [4.78, 5) is 19.3. The highest BCUT2D eigenvalue weighted by molar-refractivity contribution is 7.77. The Kier molecular flexibility index (Phi) is 7.17. The predicted octanol–water partition coefficient (Wildman–Crippen LogP) is 2.20. The Balaban J connectivity index is 2.39. The molecule has 2 aromatic rings. The first kappa shape index (κ1) is 19.9. The number of ether oxygens (including phenoxy) is 1. The summed E-state index contributed by atoms with van der Waals surface area (Å²) in [6, 6.07) is 8.44. The fraction of sp³-hybridized carbons (Fsp3) is 0.316. The van der Waals surface area contributed by atoms with Gasteiger partial charge in [-0.05, 0) is 29.3 Å². The maximum absolute atomic E-state index is 13.2. The van der Waals surface area contributed by atoms with Crippen molar-refractivity contribution in [3.8, 4) is 0 Å². The molecule has 1 aromatic carbocycles. The van der Waals surface area contributed by atoms with Gasteiger partial charge in [0.2, 0.25) is 11.8 Å². The van der Waals surface area contributed by atoms with Gasteiger partial charge in [-0.1, -0.05) is 0 Å². The van der Waals surface area contributed by atoms with E-state index in [0.29, 0.717) is 18.7 Å². The lowest BCUT2D eigenvalue weighted by Crippen LogP contribution is -2.47. The van der Waals surface area contributed by atoms with E-state index in [9.17, 15) is 9.18 Å². The summed E-state index contributed by atoms with van der Waals surface area (Å²) in [6.45, 7) is 0.792. The van der Waals surface area contributed by atoms with E-state index in [0.717, 1.165) is 5.69 Å². The number of benzene rings is 1. The van der Waals surface area contributed by atoms with Gasteiger partial charge in [0.1, 0.15) is 5.82 Å². The van der Waals surface area contributed by atoms with Crippen LogP contribution in [0.1, 0.15) is 16.4 Å². The van der Waals surface area contributed by atoms with Gasteiger partial charge in [-0.15, -0.1) is 0 Å². The van der Waals surface area contributed by atoms with E-state index in [2.05, 4.69) is 4.99 Å². The van der Waals surface area contributed by atoms with E-state index in [1.165, 1.54) is 24.3 Å². The molecular formula is C19H22FN3O2S. The molecule has 7 heteroatoms. The van der Waals surface area contributed by atoms with Crippen LogP contribution in [0.15, 0.2) is 53.8 Å². The Bertz CT molecular complexity index is 761. The third kappa shape index (κ3) is 5.06. The second-order valence-corrected chi connectivity index (χ2v) is 6.30. The molecule has 138 valence electrons. The van der Waals surface area contributed by atoms with Crippen LogP contribution in [0.2, 0.25) is 0 Å². The lowest BCUT2D eigenvalue weighted by Gasteiger charge is -2.19. The molecule has 0 saturated heterocycles. The van der Waals surface area contributed by atoms with Crippen LogP contribution < -0.4 is 9.47 Å². The molecule has 0 saturated carbocycles. The Morgan fingerprint density at radius 2 is 1.85 bits per heavy atom. The van der Waals surface area contributed by atoms with Crippen LogP contribution in [0.25, 0.3) is 0 Å². The first-order chi connectivity index (χ1) is 12.4. The lowest BCUT2D eigenvalue weighted by atomic mass is 10.0. The van der Waals surface area contributed by atoms with E-state index >= 15 is 0 Å². The van der Waals surface area contributed by atoms with Gasteiger partial charge in [0.15, 0.2) is 12.4 Å². The number of anilines is 1. The van der Waals surface area contributed by atoms with Crippen molar-refractivity contribution in [1.29, 1.82) is 0 Å². The monoisotopic (exact) mass is 375 g/mol. The molecule has 0 amide bonds. The quantitative estimate of drug-likeness (QED) is 0.177. The van der Waals surface area contributed by atoms with Gasteiger partial charge in [-0.2, -0.15) is 4.57 Å². The van der Waals surface area contributed by atoms with Crippen LogP contribution in [0, 0.1) is 5.82 Å². The van der Waals surface area contributed by atoms with Gasteiger partial charge >= 0.3 is 0 Å². The Hall–Kier alpha value is -2.38. The summed E-state index contributed by atoms with van der Waals surface area (Å²) in [5.41, 5.74) is 1.38. The Morgan fingerprint density at radius 1 is 1.23 bits per heavy atom. The number of nitrogens with zero attached hydrogens (tertiary/aromatic N) is 3. The van der Waals surface area contributed by atoms with E-state index in [1.54, 1.807) is 24.1 Å². The van der Waals surface area contributed by atoms with Crippen LogP contribution >= 0.6 is 0 Å². The minimum absolute atomic E-state index is 0.237. The number of hydrogen-bond acceptors (Lipinski definition) is 5. The van der Waals surface area contributed by atoms with Crippen LogP contribution in [-0.2, 0) is 17.4 Å². The van der Waals surface area contributed by atoms with Crippen LogP contribution in [0.5, 0.6) is 0 Å². The number of carbonyl (C=O) groups is 1. The van der Waals surface area contributed by atoms with Crippen molar-refractivity contribution in [3.05, 3.63) is 60.2 Å². The van der Waals surface area contributed by atoms with Gasteiger partial charge < -0.3 is 27.3 Å². The molecule has 0 aliphatic carbocycles. The van der Waals surface area contributed by atoms with Gasteiger partial charge in [0.05, 0.1) is 13.2 Å². The van der Waals surface area contributed by atoms with Crippen molar-refractivity contribution in [2.75, 3.05) is 39.3 Å². The van der Waals surface area contributed by atoms with Gasteiger partial charge in [0.25, 0.3) is 0 Å². The van der Waals surface area contributed by atoms with Crippen molar-refractivity contribution in [2.45, 2.75) is 6.04 Å². The average Bonchev–Trinajstić information content (AvgIpc) is 2.63.